The molecule has 170 valence electrons. The molecule has 2 heterocycles. The first-order valence-electron chi connectivity index (χ1n) is 10.6. The molecule has 9 heteroatoms. The minimum Gasteiger partial charge on any atom is -0.378 e. The molecule has 0 saturated heterocycles. The summed E-state index contributed by atoms with van der Waals surface area (Å²) < 4.78 is 27.2. The largest absolute Gasteiger partial charge is 0.378 e. The molecule has 2 aromatic carbocycles. The Labute approximate surface area is 192 Å². The number of carbonyl (C=O) groups excluding carboxylic acids is 1. The van der Waals surface area contributed by atoms with Crippen LogP contribution in [0.5, 0.6) is 0 Å². The molecule has 3 aromatic rings. The Bertz CT molecular complexity index is 1320. The maximum Gasteiger partial charge on any atom is 0.256 e. The number of nitrogens with zero attached hydrogens (tertiary/aromatic N) is 2. The summed E-state index contributed by atoms with van der Waals surface area (Å²) in [5, 5.41) is 10.9. The van der Waals surface area contributed by atoms with Crippen molar-refractivity contribution in [3.63, 3.8) is 0 Å². The second-order valence-corrected chi connectivity index (χ2v) is 8.95. The van der Waals surface area contributed by atoms with Crippen LogP contribution in [0, 0.1) is 11.6 Å². The third-order valence-corrected chi connectivity index (χ3v) is 6.69. The van der Waals surface area contributed by atoms with Crippen LogP contribution in [0.25, 0.3) is 0 Å². The number of hydrogen-bond donors (Lipinski definition) is 2. The quantitative estimate of drug-likeness (QED) is 0.610. The fraction of sp³-hybridized carbons (Fsp3) is 0.292. The summed E-state index contributed by atoms with van der Waals surface area (Å²) in [5.41, 5.74) is 0.864. The maximum atomic E-state index is 13.8. The molecule has 1 amide bonds. The molecule has 0 unspecified atom stereocenters. The Morgan fingerprint density at radius 1 is 1.18 bits per heavy atom. The Morgan fingerprint density at radius 2 is 1.97 bits per heavy atom. The van der Waals surface area contributed by atoms with Crippen LogP contribution in [0.4, 0.5) is 8.78 Å². The van der Waals surface area contributed by atoms with Crippen LogP contribution >= 0.6 is 11.6 Å². The molecule has 1 atom stereocenters. The maximum absolute atomic E-state index is 13.8. The number of amides is 1. The number of rotatable bonds is 4. The van der Waals surface area contributed by atoms with Gasteiger partial charge in [-0.2, -0.15) is 0 Å². The van der Waals surface area contributed by atoms with Gasteiger partial charge in [-0.25, -0.2) is 13.8 Å². The van der Waals surface area contributed by atoms with Gasteiger partial charge in [0.05, 0.1) is 23.2 Å². The van der Waals surface area contributed by atoms with E-state index in [1.54, 1.807) is 18.2 Å². The summed E-state index contributed by atoms with van der Waals surface area (Å²) in [7, 11) is 0. The molecule has 2 aliphatic rings. The van der Waals surface area contributed by atoms with Gasteiger partial charge in [0.1, 0.15) is 5.82 Å². The molecule has 1 aromatic heterocycles. The zero-order valence-electron chi connectivity index (χ0n) is 17.4. The van der Waals surface area contributed by atoms with Crippen molar-refractivity contribution < 1.29 is 18.7 Å². The number of aromatic amines is 1. The van der Waals surface area contributed by atoms with Gasteiger partial charge in [0, 0.05) is 18.0 Å². The Morgan fingerprint density at radius 3 is 2.67 bits per heavy atom. The van der Waals surface area contributed by atoms with E-state index in [-0.39, 0.29) is 18.6 Å². The average Bonchev–Trinajstić information content (AvgIpc) is 3.62. The van der Waals surface area contributed by atoms with Crippen molar-refractivity contribution in [3.05, 3.63) is 97.7 Å². The summed E-state index contributed by atoms with van der Waals surface area (Å²) in [4.78, 5) is 34.6. The van der Waals surface area contributed by atoms with Crippen LogP contribution in [0.3, 0.4) is 0 Å². The normalized spacial score (nSPS) is 17.4. The summed E-state index contributed by atoms with van der Waals surface area (Å²) in [6.07, 6.45) is 0.278. The first-order valence-corrected chi connectivity index (χ1v) is 11.0. The van der Waals surface area contributed by atoms with Crippen molar-refractivity contribution in [2.24, 2.45) is 0 Å². The highest BCUT2D eigenvalue weighted by Crippen LogP contribution is 2.52. The molecule has 6 nitrogen and oxygen atoms in total. The van der Waals surface area contributed by atoms with E-state index in [4.69, 9.17) is 11.6 Å². The number of nitrogens with one attached hydrogen (secondary N) is 1. The van der Waals surface area contributed by atoms with Crippen LogP contribution in [-0.2, 0) is 23.2 Å². The molecular weight excluding hydrogens is 452 g/mol. The van der Waals surface area contributed by atoms with Crippen LogP contribution in [0.15, 0.2) is 47.3 Å². The number of hydrogen-bond acceptors (Lipinski definition) is 4. The molecule has 1 aliphatic heterocycles. The van der Waals surface area contributed by atoms with Gasteiger partial charge in [0.25, 0.3) is 11.5 Å². The average molecular weight is 472 g/mol. The molecule has 33 heavy (non-hydrogen) atoms. The van der Waals surface area contributed by atoms with Crippen LogP contribution in [-0.4, -0.2) is 32.4 Å². The van der Waals surface area contributed by atoms with Crippen molar-refractivity contribution in [3.8, 4) is 0 Å². The Balaban J connectivity index is 1.41. The zero-order valence-corrected chi connectivity index (χ0v) is 18.2. The van der Waals surface area contributed by atoms with Gasteiger partial charge in [0.15, 0.2) is 17.7 Å². The minimum absolute atomic E-state index is 0.0204. The number of carbonyl (C=O) groups is 1. The predicted octanol–water partition coefficient (Wildman–Crippen LogP) is 3.40. The van der Waals surface area contributed by atoms with Crippen molar-refractivity contribution in [1.29, 1.82) is 0 Å². The highest BCUT2D eigenvalue weighted by molar-refractivity contribution is 6.30. The van der Waals surface area contributed by atoms with Crippen molar-refractivity contribution in [1.82, 2.24) is 14.9 Å². The second-order valence-electron chi connectivity index (χ2n) is 8.52. The number of H-pyrrole nitrogens is 1. The van der Waals surface area contributed by atoms with Gasteiger partial charge in [0.2, 0.25) is 0 Å². The van der Waals surface area contributed by atoms with Crippen LogP contribution < -0.4 is 5.56 Å². The standard InChI is InChI=1S/C24H20ClF2N3O3/c25-15-3-1-2-13(10-15)20(31)22(33)30-9-6-19-16(12-30)21(32)29-23(28-19)24(7-8-24)14-4-5-17(26)18(27)11-14/h1-5,10-11,20,31H,6-9,12H2,(H,28,29,32)/t20-/m1/s1. The topological polar surface area (TPSA) is 86.3 Å². The SMILES string of the molecule is O=C([C@H](O)c1cccc(Cl)c1)N1CCc2nc(C3(c4ccc(F)c(F)c4)CC3)[nH]c(=O)c2C1. The fourth-order valence-corrected chi connectivity index (χ4v) is 4.61. The smallest absolute Gasteiger partial charge is 0.256 e. The number of fused-ring (bicyclic) bond motifs is 1. The fourth-order valence-electron chi connectivity index (χ4n) is 4.41. The van der Waals surface area contributed by atoms with E-state index in [0.29, 0.717) is 52.5 Å². The first kappa shape index (κ1) is 21.7. The number of aromatic nitrogens is 2. The van der Waals surface area contributed by atoms with Crippen molar-refractivity contribution in [2.45, 2.75) is 37.3 Å². The van der Waals surface area contributed by atoms with E-state index in [1.807, 2.05) is 0 Å². The summed E-state index contributed by atoms with van der Waals surface area (Å²) >= 11 is 5.96. The van der Waals surface area contributed by atoms with Crippen molar-refractivity contribution >= 4 is 17.5 Å². The van der Waals surface area contributed by atoms with E-state index in [9.17, 15) is 23.5 Å². The van der Waals surface area contributed by atoms with E-state index in [1.165, 1.54) is 17.0 Å². The van der Waals surface area contributed by atoms with Gasteiger partial charge >= 0.3 is 0 Å². The summed E-state index contributed by atoms with van der Waals surface area (Å²) in [5.74, 6) is -1.96. The number of benzene rings is 2. The van der Waals surface area contributed by atoms with E-state index >= 15 is 0 Å². The number of halogens is 3. The minimum atomic E-state index is -1.39. The molecule has 1 aliphatic carbocycles. The number of aliphatic hydroxyl groups is 1. The lowest BCUT2D eigenvalue weighted by Crippen LogP contribution is -2.42. The van der Waals surface area contributed by atoms with Gasteiger partial charge in [-0.3, -0.25) is 9.59 Å². The zero-order chi connectivity index (χ0) is 23.3. The van der Waals surface area contributed by atoms with Gasteiger partial charge < -0.3 is 15.0 Å². The van der Waals surface area contributed by atoms with E-state index in [2.05, 4.69) is 9.97 Å². The molecule has 0 spiro atoms. The monoisotopic (exact) mass is 471 g/mol. The molecule has 1 saturated carbocycles. The number of aliphatic hydroxyl groups excluding tert-OH is 1. The molecule has 1 fully saturated rings. The van der Waals surface area contributed by atoms with Gasteiger partial charge in [-0.1, -0.05) is 29.8 Å². The highest BCUT2D eigenvalue weighted by atomic mass is 35.5. The van der Waals surface area contributed by atoms with Crippen LogP contribution in [0.1, 0.15) is 47.2 Å². The highest BCUT2D eigenvalue weighted by Gasteiger charge is 2.49. The van der Waals surface area contributed by atoms with E-state index < -0.39 is 29.1 Å². The molecule has 0 radical (unpaired) electrons. The molecular formula is C24H20ClF2N3O3. The second kappa shape index (κ2) is 8.04. The van der Waals surface area contributed by atoms with Crippen molar-refractivity contribution in [2.75, 3.05) is 6.54 Å². The predicted molar refractivity (Wildman–Crippen MR) is 117 cm³/mol. The lowest BCUT2D eigenvalue weighted by atomic mass is 9.94. The first-order chi connectivity index (χ1) is 15.8. The van der Waals surface area contributed by atoms with Crippen LogP contribution in [0.2, 0.25) is 5.02 Å². The molecule has 0 bridgehead atoms. The lowest BCUT2D eigenvalue weighted by Gasteiger charge is -2.30. The summed E-state index contributed by atoms with van der Waals surface area (Å²) in [6.45, 7) is 0.310. The Kier molecular flexibility index (Phi) is 5.29. The third kappa shape index (κ3) is 3.83. The lowest BCUT2D eigenvalue weighted by molar-refractivity contribution is -0.141. The molecule has 2 N–H and O–H groups in total. The van der Waals surface area contributed by atoms with Gasteiger partial charge in [-0.15, -0.1) is 0 Å². The molecule has 5 rings (SSSR count). The van der Waals surface area contributed by atoms with E-state index in [0.717, 1.165) is 12.1 Å². The Hall–Kier alpha value is -3.10. The summed E-state index contributed by atoms with van der Waals surface area (Å²) in [6, 6.07) is 10.2. The van der Waals surface area contributed by atoms with Gasteiger partial charge in [-0.05, 0) is 48.2 Å². The third-order valence-electron chi connectivity index (χ3n) is 6.45.